The fraction of sp³-hybridized carbons (Fsp3) is 0.786. The predicted octanol–water partition coefficient (Wildman–Crippen LogP) is 2.74. The summed E-state index contributed by atoms with van der Waals surface area (Å²) in [6.45, 7) is 6.42. The van der Waals surface area contributed by atoms with E-state index >= 15 is 0 Å². The Hall–Kier alpha value is -0.540. The lowest BCUT2D eigenvalue weighted by Gasteiger charge is -2.30. The monoisotopic (exact) mass is 274 g/mol. The average Bonchev–Trinajstić information content (AvgIpc) is 2.38. The lowest BCUT2D eigenvalue weighted by Crippen LogP contribution is -2.37. The minimum atomic E-state index is 0. The molecule has 1 aliphatic heterocycles. The maximum absolute atomic E-state index is 11.9. The molecule has 2 N–H and O–H groups in total. The molecule has 0 aliphatic carbocycles. The van der Waals surface area contributed by atoms with Gasteiger partial charge in [-0.1, -0.05) is 18.9 Å². The molecule has 4 heteroatoms. The molecule has 0 aromatic rings. The van der Waals surface area contributed by atoms with E-state index < -0.39 is 0 Å². The fourth-order valence-corrected chi connectivity index (χ4v) is 2.32. The summed E-state index contributed by atoms with van der Waals surface area (Å²) in [4.78, 5) is 13.9. The maximum Gasteiger partial charge on any atom is 0.222 e. The average molecular weight is 275 g/mol. The number of carbonyl (C=O) groups is 1. The van der Waals surface area contributed by atoms with Crippen molar-refractivity contribution in [2.45, 2.75) is 44.9 Å². The van der Waals surface area contributed by atoms with Gasteiger partial charge in [0.15, 0.2) is 0 Å². The van der Waals surface area contributed by atoms with E-state index in [2.05, 4.69) is 6.58 Å². The number of likely N-dealkylation sites (tertiary alicyclic amines) is 1. The summed E-state index contributed by atoms with van der Waals surface area (Å²) in [6.07, 6.45) is 9.29. The lowest BCUT2D eigenvalue weighted by molar-refractivity contribution is -0.132. The molecular weight excluding hydrogens is 248 g/mol. The van der Waals surface area contributed by atoms with Crippen LogP contribution < -0.4 is 5.73 Å². The Labute approximate surface area is 117 Å². The maximum atomic E-state index is 11.9. The molecule has 0 bridgehead atoms. The Kier molecular flexibility index (Phi) is 10.1. The van der Waals surface area contributed by atoms with E-state index in [4.69, 9.17) is 5.73 Å². The number of halogens is 1. The van der Waals surface area contributed by atoms with Crippen LogP contribution in [0.5, 0.6) is 0 Å². The molecule has 3 nitrogen and oxygen atoms in total. The fourth-order valence-electron chi connectivity index (χ4n) is 2.32. The van der Waals surface area contributed by atoms with Crippen LogP contribution in [0.1, 0.15) is 44.9 Å². The van der Waals surface area contributed by atoms with Crippen LogP contribution in [0.15, 0.2) is 12.7 Å². The van der Waals surface area contributed by atoms with Crippen LogP contribution in [0, 0.1) is 5.92 Å². The molecule has 0 radical (unpaired) electrons. The van der Waals surface area contributed by atoms with Crippen molar-refractivity contribution in [2.75, 3.05) is 19.6 Å². The van der Waals surface area contributed by atoms with Crippen molar-refractivity contribution >= 4 is 18.3 Å². The highest BCUT2D eigenvalue weighted by Gasteiger charge is 2.20. The molecule has 0 unspecified atom stereocenters. The van der Waals surface area contributed by atoms with Gasteiger partial charge in [-0.05, 0) is 38.1 Å². The van der Waals surface area contributed by atoms with Crippen molar-refractivity contribution < 1.29 is 4.79 Å². The van der Waals surface area contributed by atoms with E-state index in [0.717, 1.165) is 58.2 Å². The molecule has 1 saturated heterocycles. The van der Waals surface area contributed by atoms with E-state index in [1.807, 2.05) is 11.0 Å². The summed E-state index contributed by atoms with van der Waals surface area (Å²) in [5.41, 5.74) is 5.43. The van der Waals surface area contributed by atoms with Gasteiger partial charge in [-0.25, -0.2) is 0 Å². The van der Waals surface area contributed by atoms with Crippen molar-refractivity contribution in [3.63, 3.8) is 0 Å². The zero-order valence-electron chi connectivity index (χ0n) is 11.3. The van der Waals surface area contributed by atoms with E-state index in [0.29, 0.717) is 18.2 Å². The van der Waals surface area contributed by atoms with Crippen LogP contribution in [0.4, 0.5) is 0 Å². The minimum absolute atomic E-state index is 0. The van der Waals surface area contributed by atoms with Crippen molar-refractivity contribution in [3.05, 3.63) is 12.7 Å². The van der Waals surface area contributed by atoms with E-state index in [9.17, 15) is 4.79 Å². The zero-order chi connectivity index (χ0) is 12.5. The van der Waals surface area contributed by atoms with Crippen LogP contribution in [0.25, 0.3) is 0 Å². The Morgan fingerprint density at radius 3 is 2.39 bits per heavy atom. The molecule has 106 valence electrons. The molecule has 0 aromatic heterocycles. The number of amides is 1. The van der Waals surface area contributed by atoms with Crippen LogP contribution in [0.3, 0.4) is 0 Å². The molecule has 0 saturated carbocycles. The number of allylic oxidation sites excluding steroid dienone is 1. The summed E-state index contributed by atoms with van der Waals surface area (Å²) in [5, 5.41) is 0. The highest BCUT2D eigenvalue weighted by molar-refractivity contribution is 5.85. The van der Waals surface area contributed by atoms with Gasteiger partial charge in [-0.2, -0.15) is 0 Å². The largest absolute Gasteiger partial charge is 0.343 e. The Morgan fingerprint density at radius 2 is 1.83 bits per heavy atom. The number of carbonyl (C=O) groups excluding carboxylic acids is 1. The topological polar surface area (TPSA) is 46.3 Å². The Bertz CT molecular complexity index is 238. The number of hydrogen-bond donors (Lipinski definition) is 1. The van der Waals surface area contributed by atoms with Crippen molar-refractivity contribution in [1.82, 2.24) is 4.90 Å². The smallest absolute Gasteiger partial charge is 0.222 e. The summed E-state index contributed by atoms with van der Waals surface area (Å²) in [6, 6.07) is 0. The molecule has 0 spiro atoms. The third-order valence-electron chi connectivity index (χ3n) is 3.57. The second-order valence-electron chi connectivity index (χ2n) is 4.91. The van der Waals surface area contributed by atoms with Crippen LogP contribution >= 0.6 is 12.4 Å². The van der Waals surface area contributed by atoms with Crippen LogP contribution in [-0.4, -0.2) is 30.4 Å². The van der Waals surface area contributed by atoms with Crippen molar-refractivity contribution in [2.24, 2.45) is 11.7 Å². The number of nitrogens with zero attached hydrogens (tertiary/aromatic N) is 1. The van der Waals surface area contributed by atoms with Gasteiger partial charge in [0.2, 0.25) is 5.91 Å². The summed E-state index contributed by atoms with van der Waals surface area (Å²) < 4.78 is 0. The first-order valence-electron chi connectivity index (χ1n) is 6.88. The Morgan fingerprint density at radius 1 is 1.22 bits per heavy atom. The molecule has 0 atom stereocenters. The number of piperidine rings is 1. The number of hydrogen-bond acceptors (Lipinski definition) is 2. The second-order valence-corrected chi connectivity index (χ2v) is 4.91. The van der Waals surface area contributed by atoms with Gasteiger partial charge < -0.3 is 10.6 Å². The van der Waals surface area contributed by atoms with E-state index in [1.165, 1.54) is 0 Å². The quantitative estimate of drug-likeness (QED) is 0.573. The lowest BCUT2D eigenvalue weighted by atomic mass is 9.97. The zero-order valence-corrected chi connectivity index (χ0v) is 12.1. The molecule has 18 heavy (non-hydrogen) atoms. The van der Waals surface area contributed by atoms with Gasteiger partial charge in [-0.3, -0.25) is 4.79 Å². The van der Waals surface area contributed by atoms with Gasteiger partial charge in [0, 0.05) is 19.5 Å². The number of unbranched alkanes of at least 4 members (excludes halogenated alkanes) is 3. The van der Waals surface area contributed by atoms with Crippen molar-refractivity contribution in [3.8, 4) is 0 Å². The van der Waals surface area contributed by atoms with Gasteiger partial charge in [0.1, 0.15) is 0 Å². The van der Waals surface area contributed by atoms with Crippen LogP contribution in [0.2, 0.25) is 0 Å². The summed E-state index contributed by atoms with van der Waals surface area (Å²) in [5.74, 6) is 0.948. The molecule has 1 amide bonds. The third kappa shape index (κ3) is 6.41. The molecule has 1 rings (SSSR count). The Balaban J connectivity index is 0.00000289. The SMILES string of the molecule is C=CC1CCN(C(=O)CCCCCCN)CC1.Cl. The van der Waals surface area contributed by atoms with E-state index in [1.54, 1.807) is 0 Å². The molecule has 1 fully saturated rings. The first-order chi connectivity index (χ1) is 8.27. The van der Waals surface area contributed by atoms with Crippen molar-refractivity contribution in [1.29, 1.82) is 0 Å². The predicted molar refractivity (Wildman–Crippen MR) is 78.9 cm³/mol. The third-order valence-corrected chi connectivity index (χ3v) is 3.57. The molecule has 1 heterocycles. The second kappa shape index (κ2) is 10.4. The van der Waals surface area contributed by atoms with Gasteiger partial charge in [0.25, 0.3) is 0 Å². The molecule has 0 aromatic carbocycles. The van der Waals surface area contributed by atoms with Gasteiger partial charge in [-0.15, -0.1) is 19.0 Å². The molecular formula is C14H27ClN2O. The summed E-state index contributed by atoms with van der Waals surface area (Å²) in [7, 11) is 0. The highest BCUT2D eigenvalue weighted by atomic mass is 35.5. The van der Waals surface area contributed by atoms with E-state index in [-0.39, 0.29) is 12.4 Å². The van der Waals surface area contributed by atoms with Crippen LogP contribution in [-0.2, 0) is 4.79 Å². The molecule has 1 aliphatic rings. The van der Waals surface area contributed by atoms with Gasteiger partial charge in [0.05, 0.1) is 0 Å². The van der Waals surface area contributed by atoms with Gasteiger partial charge >= 0.3 is 0 Å². The number of nitrogens with two attached hydrogens (primary N) is 1. The summed E-state index contributed by atoms with van der Waals surface area (Å²) >= 11 is 0. The standard InChI is InChI=1S/C14H26N2O.ClH/c1-2-13-8-11-16(12-9-13)14(17)7-5-3-4-6-10-15;/h2,13H,1,3-12,15H2;1H. The normalized spacial score (nSPS) is 16.2. The first-order valence-corrected chi connectivity index (χ1v) is 6.88. The highest BCUT2D eigenvalue weighted by Crippen LogP contribution is 2.18. The minimum Gasteiger partial charge on any atom is -0.343 e. The number of rotatable bonds is 7. The first kappa shape index (κ1) is 17.5.